The second-order valence-corrected chi connectivity index (χ2v) is 6.62. The van der Waals surface area contributed by atoms with Gasteiger partial charge in [0.1, 0.15) is 5.60 Å². The van der Waals surface area contributed by atoms with Crippen LogP contribution in [0, 0.1) is 6.42 Å². The summed E-state index contributed by atoms with van der Waals surface area (Å²) in [6.07, 6.45) is -1.40. The maximum absolute atomic E-state index is 12.7. The number of nitrogens with zero attached hydrogens (tertiary/aromatic N) is 1. The van der Waals surface area contributed by atoms with Crippen LogP contribution in [-0.2, 0) is 30.4 Å². The molecule has 0 aromatic heterocycles. The Morgan fingerprint density at radius 1 is 1.20 bits per heavy atom. The molecule has 0 saturated carbocycles. The van der Waals surface area contributed by atoms with Gasteiger partial charge >= 0.3 is 31.7 Å². The predicted molar refractivity (Wildman–Crippen MR) is 80.7 cm³/mol. The number of piperidine rings is 1. The molecule has 1 atom stereocenters. The summed E-state index contributed by atoms with van der Waals surface area (Å²) in [6.45, 7) is 5.86. The fourth-order valence-electron chi connectivity index (χ4n) is 2.54. The van der Waals surface area contributed by atoms with Gasteiger partial charge < -0.3 is 40.0 Å². The molecule has 0 bridgehead atoms. The van der Waals surface area contributed by atoms with Crippen LogP contribution in [0.4, 0.5) is 18.0 Å². The van der Waals surface area contributed by atoms with Crippen molar-refractivity contribution in [2.75, 3.05) is 6.54 Å². The molecule has 25 heavy (non-hydrogen) atoms. The van der Waals surface area contributed by atoms with Gasteiger partial charge in [-0.1, -0.05) is 12.1 Å². The first-order valence-electron chi connectivity index (χ1n) is 7.56. The molecule has 0 spiro atoms. The van der Waals surface area contributed by atoms with Crippen LogP contribution in [0.2, 0.25) is 0 Å². The van der Waals surface area contributed by atoms with Crippen LogP contribution in [0.3, 0.4) is 0 Å². The van der Waals surface area contributed by atoms with E-state index in [4.69, 9.17) is 4.74 Å². The quantitative estimate of drug-likeness (QED) is 0.322. The molecule has 1 aromatic carbocycles. The average Bonchev–Trinajstić information content (AvgIpc) is 2.45. The smallest absolute Gasteiger partial charge is 1.00 e. The molecule has 136 valence electrons. The summed E-state index contributed by atoms with van der Waals surface area (Å²) >= 11 is 0. The Labute approximate surface area is 176 Å². The van der Waals surface area contributed by atoms with Crippen LogP contribution < -0.4 is 24.0 Å². The summed E-state index contributed by atoms with van der Waals surface area (Å²) < 4.78 is 43.4. The van der Waals surface area contributed by atoms with E-state index in [1.165, 1.54) is 12.1 Å². The van der Waals surface area contributed by atoms with Gasteiger partial charge in [-0.15, -0.1) is 0 Å². The topological polar surface area (TPSA) is 29.5 Å². The van der Waals surface area contributed by atoms with E-state index in [1.54, 1.807) is 25.7 Å². The monoisotopic (exact) mass is 519 g/mol. The minimum Gasteiger partial charge on any atom is -1.00 e. The van der Waals surface area contributed by atoms with Crippen molar-refractivity contribution in [3.8, 4) is 0 Å². The number of alkyl halides is 3. The first-order valence-corrected chi connectivity index (χ1v) is 7.56. The number of ether oxygens (including phenoxy) is 1. The van der Waals surface area contributed by atoms with E-state index in [0.717, 1.165) is 18.6 Å². The number of halogens is 4. The summed E-state index contributed by atoms with van der Waals surface area (Å²) in [5.74, 6) is 0. The molecule has 1 fully saturated rings. The van der Waals surface area contributed by atoms with Gasteiger partial charge in [-0.3, -0.25) is 0 Å². The van der Waals surface area contributed by atoms with E-state index in [-0.39, 0.29) is 49.5 Å². The van der Waals surface area contributed by atoms with Crippen LogP contribution in [-0.4, -0.2) is 23.1 Å². The third-order valence-corrected chi connectivity index (χ3v) is 3.59. The average molecular weight is 521 g/mol. The molecule has 1 unspecified atom stereocenters. The van der Waals surface area contributed by atoms with Gasteiger partial charge in [-0.2, -0.15) is 26.0 Å². The van der Waals surface area contributed by atoms with Crippen molar-refractivity contribution < 1.29 is 66.2 Å². The van der Waals surface area contributed by atoms with Gasteiger partial charge in [0, 0.05) is 6.04 Å². The van der Waals surface area contributed by atoms with Crippen molar-refractivity contribution in [2.24, 2.45) is 0 Å². The number of carbonyl (C=O) groups is 1. The van der Waals surface area contributed by atoms with Gasteiger partial charge in [0.05, 0.1) is 5.56 Å². The van der Waals surface area contributed by atoms with Gasteiger partial charge in [-0.05, 0) is 45.0 Å². The van der Waals surface area contributed by atoms with Crippen molar-refractivity contribution in [1.82, 2.24) is 4.90 Å². The van der Waals surface area contributed by atoms with Gasteiger partial charge in [0.2, 0.25) is 0 Å². The second kappa shape index (κ2) is 9.53. The third kappa shape index (κ3) is 7.04. The standard InChI is InChI=1S/C17H21F3NO2.HI.Zn/c1-16(2,3)23-15(22)21-11-5-4-6-14(21)12-7-9-13(10-8-12)17(18,19)20;;/h4,7-10,14H,5-6,11H2,1-3H3;1H;/q-1;;+2/p-1. The number of hydrogen-bond donors (Lipinski definition) is 0. The Kier molecular flexibility index (Phi) is 9.39. The fourth-order valence-corrected chi connectivity index (χ4v) is 2.54. The number of hydrogen-bond acceptors (Lipinski definition) is 2. The molecular formula is C17H21F3INO2Zn. The minimum atomic E-state index is -4.36. The number of likely N-dealkylation sites (tertiary alicyclic amines) is 1. The maximum atomic E-state index is 12.7. The molecule has 0 N–H and O–H groups in total. The second-order valence-electron chi connectivity index (χ2n) is 6.62. The van der Waals surface area contributed by atoms with E-state index in [1.807, 2.05) is 6.42 Å². The Morgan fingerprint density at radius 2 is 1.76 bits per heavy atom. The van der Waals surface area contributed by atoms with Crippen molar-refractivity contribution in [3.05, 3.63) is 41.8 Å². The Balaban J connectivity index is 0.00000288. The van der Waals surface area contributed by atoms with E-state index < -0.39 is 23.4 Å². The molecule has 0 radical (unpaired) electrons. The molecule has 1 aliphatic heterocycles. The first kappa shape index (κ1) is 24.6. The molecule has 2 rings (SSSR count). The number of benzene rings is 1. The molecule has 1 saturated heterocycles. The Bertz CT molecular complexity index is 558. The van der Waals surface area contributed by atoms with Crippen LogP contribution in [0.5, 0.6) is 0 Å². The number of rotatable bonds is 1. The molecule has 3 nitrogen and oxygen atoms in total. The van der Waals surface area contributed by atoms with Crippen LogP contribution in [0.15, 0.2) is 24.3 Å². The van der Waals surface area contributed by atoms with Crippen molar-refractivity contribution in [3.63, 3.8) is 0 Å². The van der Waals surface area contributed by atoms with E-state index in [9.17, 15) is 18.0 Å². The number of carbonyl (C=O) groups excluding carboxylic acids is 1. The van der Waals surface area contributed by atoms with E-state index in [2.05, 4.69) is 0 Å². The zero-order valence-corrected chi connectivity index (χ0v) is 19.7. The summed E-state index contributed by atoms with van der Waals surface area (Å²) in [6, 6.07) is 4.68. The molecule has 1 aromatic rings. The van der Waals surface area contributed by atoms with Gasteiger partial charge in [-0.25, -0.2) is 4.79 Å². The normalized spacial score (nSPS) is 18.0. The van der Waals surface area contributed by atoms with E-state index >= 15 is 0 Å². The first-order chi connectivity index (χ1) is 10.6. The molecule has 1 amide bonds. The SMILES string of the molecule is CC(C)(C)OC(=O)N1CC[CH-]CC1c1ccc(C(F)(F)F)cc1.[I-].[Zn+2]. The molecular weight excluding hydrogens is 499 g/mol. The van der Waals surface area contributed by atoms with Crippen molar-refractivity contribution in [2.45, 2.75) is 51.4 Å². The summed E-state index contributed by atoms with van der Waals surface area (Å²) in [5.41, 5.74) is -0.618. The van der Waals surface area contributed by atoms with Crippen LogP contribution >= 0.6 is 0 Å². The predicted octanol–water partition coefficient (Wildman–Crippen LogP) is 1.98. The Hall–Kier alpha value is -0.367. The van der Waals surface area contributed by atoms with Crippen molar-refractivity contribution >= 4 is 6.09 Å². The Morgan fingerprint density at radius 3 is 2.24 bits per heavy atom. The summed E-state index contributed by atoms with van der Waals surface area (Å²) in [5, 5.41) is 0. The maximum Gasteiger partial charge on any atom is 2.00 e. The fraction of sp³-hybridized carbons (Fsp3) is 0.529. The number of amides is 1. The van der Waals surface area contributed by atoms with Crippen LogP contribution in [0.25, 0.3) is 0 Å². The molecule has 8 heteroatoms. The largest absolute Gasteiger partial charge is 2.00 e. The molecule has 1 aliphatic rings. The van der Waals surface area contributed by atoms with E-state index in [0.29, 0.717) is 18.5 Å². The minimum absolute atomic E-state index is 0. The van der Waals surface area contributed by atoms with Crippen molar-refractivity contribution in [1.29, 1.82) is 0 Å². The summed E-state index contributed by atoms with van der Waals surface area (Å²) in [7, 11) is 0. The zero-order chi connectivity index (χ0) is 17.3. The summed E-state index contributed by atoms with van der Waals surface area (Å²) in [4.78, 5) is 13.9. The third-order valence-electron chi connectivity index (χ3n) is 3.59. The van der Waals surface area contributed by atoms with Crippen LogP contribution in [0.1, 0.15) is 50.8 Å². The van der Waals surface area contributed by atoms with Gasteiger partial charge in [0.25, 0.3) is 0 Å². The zero-order valence-electron chi connectivity index (χ0n) is 14.6. The molecule has 1 heterocycles. The molecule has 0 aliphatic carbocycles. The van der Waals surface area contributed by atoms with Gasteiger partial charge in [0.15, 0.2) is 0 Å².